The Morgan fingerprint density at radius 1 is 1.26 bits per heavy atom. The summed E-state index contributed by atoms with van der Waals surface area (Å²) in [6.45, 7) is 4.85. The topological polar surface area (TPSA) is 32.7 Å². The molecule has 0 saturated carbocycles. The molecule has 3 aliphatic rings. The fourth-order valence-electron chi connectivity index (χ4n) is 3.08. The van der Waals surface area contributed by atoms with E-state index in [1.165, 1.54) is 0 Å². The van der Waals surface area contributed by atoms with Gasteiger partial charge in [0, 0.05) is 18.8 Å². The zero-order valence-electron chi connectivity index (χ0n) is 11.4. The molecule has 3 heteroatoms. The van der Waals surface area contributed by atoms with Crippen molar-refractivity contribution in [2.24, 2.45) is 5.92 Å². The molecule has 0 amide bonds. The van der Waals surface area contributed by atoms with Gasteiger partial charge >= 0.3 is 0 Å². The summed E-state index contributed by atoms with van der Waals surface area (Å²) in [4.78, 5) is 2.32. The minimum atomic E-state index is -0.283. The van der Waals surface area contributed by atoms with Crippen LogP contribution in [0.2, 0.25) is 0 Å². The van der Waals surface area contributed by atoms with Crippen LogP contribution in [0.3, 0.4) is 0 Å². The van der Waals surface area contributed by atoms with Gasteiger partial charge in [-0.25, -0.2) is 0 Å². The normalized spacial score (nSPS) is 27.9. The Bertz CT molecular complexity index is 454. The molecule has 102 valence electrons. The summed E-state index contributed by atoms with van der Waals surface area (Å²) >= 11 is 0. The number of aliphatic hydroxyl groups is 1. The number of piperidine rings is 3. The van der Waals surface area contributed by atoms with Crippen LogP contribution in [-0.2, 0) is 0 Å². The monoisotopic (exact) mass is 259 g/mol. The summed E-state index contributed by atoms with van der Waals surface area (Å²) in [6.07, 6.45) is 4.09. The number of hydrogen-bond donors (Lipinski definition) is 1. The summed E-state index contributed by atoms with van der Waals surface area (Å²) in [7, 11) is 0. The van der Waals surface area contributed by atoms with Crippen molar-refractivity contribution >= 4 is 6.08 Å². The summed E-state index contributed by atoms with van der Waals surface area (Å²) in [6, 6.07) is 8.07. The molecule has 1 N–H and O–H groups in total. The maximum Gasteiger partial charge on any atom is 0.119 e. The molecule has 0 radical (unpaired) electrons. The lowest BCUT2D eigenvalue weighted by molar-refractivity contribution is 0.0215. The maximum absolute atomic E-state index is 10.3. The predicted octanol–water partition coefficient (Wildman–Crippen LogP) is 2.51. The molecule has 3 aliphatic heterocycles. The molecule has 2 bridgehead atoms. The van der Waals surface area contributed by atoms with Gasteiger partial charge in [0.2, 0.25) is 0 Å². The SMILES string of the molecule is CCOc1ccc(/C=C2\[C@H](O)C3CCN2CC3)cc1. The van der Waals surface area contributed by atoms with Crippen molar-refractivity contribution in [3.63, 3.8) is 0 Å². The highest BCUT2D eigenvalue weighted by Gasteiger charge is 2.36. The van der Waals surface area contributed by atoms with Crippen molar-refractivity contribution in [1.29, 1.82) is 0 Å². The van der Waals surface area contributed by atoms with E-state index in [4.69, 9.17) is 4.74 Å². The molecule has 1 atom stereocenters. The molecule has 0 aromatic heterocycles. The highest BCUT2D eigenvalue weighted by Crippen LogP contribution is 2.35. The Morgan fingerprint density at radius 2 is 1.95 bits per heavy atom. The molecule has 0 unspecified atom stereocenters. The van der Waals surface area contributed by atoms with Gasteiger partial charge in [0.05, 0.1) is 12.7 Å². The van der Waals surface area contributed by atoms with Gasteiger partial charge in [0.15, 0.2) is 0 Å². The number of rotatable bonds is 3. The van der Waals surface area contributed by atoms with Crippen molar-refractivity contribution in [2.45, 2.75) is 25.9 Å². The fraction of sp³-hybridized carbons (Fsp3) is 0.500. The van der Waals surface area contributed by atoms with E-state index in [1.54, 1.807) is 0 Å². The Kier molecular flexibility index (Phi) is 3.47. The minimum absolute atomic E-state index is 0.283. The van der Waals surface area contributed by atoms with E-state index in [9.17, 15) is 5.11 Å². The number of hydrogen-bond acceptors (Lipinski definition) is 3. The first-order chi connectivity index (χ1) is 9.28. The second-order valence-electron chi connectivity index (χ2n) is 5.34. The van der Waals surface area contributed by atoms with Gasteiger partial charge in [0.1, 0.15) is 5.75 Å². The van der Waals surface area contributed by atoms with Gasteiger partial charge in [0.25, 0.3) is 0 Å². The van der Waals surface area contributed by atoms with Crippen LogP contribution >= 0.6 is 0 Å². The summed E-state index contributed by atoms with van der Waals surface area (Å²) in [5.74, 6) is 1.36. The van der Waals surface area contributed by atoms with Crippen molar-refractivity contribution in [2.75, 3.05) is 19.7 Å². The highest BCUT2D eigenvalue weighted by atomic mass is 16.5. The number of fused-ring (bicyclic) bond motifs is 3. The molecule has 3 saturated heterocycles. The third-order valence-corrected chi connectivity index (χ3v) is 4.16. The van der Waals surface area contributed by atoms with Crippen molar-refractivity contribution in [1.82, 2.24) is 4.90 Å². The number of benzene rings is 1. The first kappa shape index (κ1) is 12.5. The zero-order chi connectivity index (χ0) is 13.2. The van der Waals surface area contributed by atoms with Gasteiger partial charge in [-0.3, -0.25) is 0 Å². The van der Waals surface area contributed by atoms with Crippen LogP contribution in [0.4, 0.5) is 0 Å². The van der Waals surface area contributed by atoms with E-state index < -0.39 is 0 Å². The quantitative estimate of drug-likeness (QED) is 0.905. The summed E-state index contributed by atoms with van der Waals surface area (Å²) < 4.78 is 5.44. The van der Waals surface area contributed by atoms with E-state index in [2.05, 4.69) is 11.0 Å². The zero-order valence-corrected chi connectivity index (χ0v) is 11.4. The Morgan fingerprint density at radius 3 is 2.53 bits per heavy atom. The molecule has 1 aromatic carbocycles. The second kappa shape index (κ2) is 5.25. The van der Waals surface area contributed by atoms with Crippen LogP contribution in [0.15, 0.2) is 30.0 Å². The highest BCUT2D eigenvalue weighted by molar-refractivity contribution is 5.55. The smallest absolute Gasteiger partial charge is 0.119 e. The van der Waals surface area contributed by atoms with E-state index >= 15 is 0 Å². The molecule has 1 aromatic rings. The van der Waals surface area contributed by atoms with Crippen LogP contribution in [0.5, 0.6) is 5.75 Å². The van der Waals surface area contributed by atoms with Gasteiger partial charge < -0.3 is 14.7 Å². The number of ether oxygens (including phenoxy) is 1. The van der Waals surface area contributed by atoms with Gasteiger partial charge in [-0.2, -0.15) is 0 Å². The van der Waals surface area contributed by atoms with Gasteiger partial charge in [-0.1, -0.05) is 12.1 Å². The second-order valence-corrected chi connectivity index (χ2v) is 5.34. The minimum Gasteiger partial charge on any atom is -0.494 e. The van der Waals surface area contributed by atoms with Crippen LogP contribution < -0.4 is 4.74 Å². The molecule has 3 heterocycles. The Balaban J connectivity index is 1.80. The molecule has 19 heavy (non-hydrogen) atoms. The predicted molar refractivity (Wildman–Crippen MR) is 75.9 cm³/mol. The number of nitrogens with zero attached hydrogens (tertiary/aromatic N) is 1. The molecule has 3 nitrogen and oxygen atoms in total. The lowest BCUT2D eigenvalue weighted by Crippen LogP contribution is -2.48. The third kappa shape index (κ3) is 2.47. The molecular formula is C16H21NO2. The van der Waals surface area contributed by atoms with Crippen LogP contribution in [-0.4, -0.2) is 35.8 Å². The lowest BCUT2D eigenvalue weighted by Gasteiger charge is -2.45. The van der Waals surface area contributed by atoms with Crippen LogP contribution in [0.25, 0.3) is 6.08 Å². The standard InChI is InChI=1S/C16H21NO2/c1-2-19-14-5-3-12(4-6-14)11-15-16(18)13-7-9-17(15)10-8-13/h3-6,11,13,16,18H,2,7-10H2,1H3/b15-11+/t16-/m1/s1. The first-order valence-electron chi connectivity index (χ1n) is 7.15. The van der Waals surface area contributed by atoms with E-state index in [0.717, 1.165) is 42.9 Å². The molecular weight excluding hydrogens is 238 g/mol. The molecule has 4 rings (SSSR count). The molecule has 3 fully saturated rings. The number of aliphatic hydroxyl groups excluding tert-OH is 1. The van der Waals surface area contributed by atoms with E-state index in [-0.39, 0.29) is 6.10 Å². The van der Waals surface area contributed by atoms with Crippen molar-refractivity contribution < 1.29 is 9.84 Å². The van der Waals surface area contributed by atoms with Crippen molar-refractivity contribution in [3.05, 3.63) is 35.5 Å². The van der Waals surface area contributed by atoms with E-state index in [1.807, 2.05) is 31.2 Å². The largest absolute Gasteiger partial charge is 0.494 e. The third-order valence-electron chi connectivity index (χ3n) is 4.16. The van der Waals surface area contributed by atoms with E-state index in [0.29, 0.717) is 12.5 Å². The first-order valence-corrected chi connectivity index (χ1v) is 7.15. The fourth-order valence-corrected chi connectivity index (χ4v) is 3.08. The van der Waals surface area contributed by atoms with Crippen LogP contribution in [0.1, 0.15) is 25.3 Å². The molecule has 0 aliphatic carbocycles. The Hall–Kier alpha value is -1.48. The van der Waals surface area contributed by atoms with Gasteiger partial charge in [-0.05, 0) is 49.5 Å². The average Bonchev–Trinajstić information content (AvgIpc) is 2.45. The van der Waals surface area contributed by atoms with Crippen LogP contribution in [0, 0.1) is 5.92 Å². The molecule has 0 spiro atoms. The van der Waals surface area contributed by atoms with Gasteiger partial charge in [-0.15, -0.1) is 0 Å². The lowest BCUT2D eigenvalue weighted by atomic mass is 9.83. The Labute approximate surface area is 114 Å². The maximum atomic E-state index is 10.3. The summed E-state index contributed by atoms with van der Waals surface area (Å²) in [5.41, 5.74) is 2.22. The summed E-state index contributed by atoms with van der Waals surface area (Å²) in [5, 5.41) is 10.3. The van der Waals surface area contributed by atoms with Crippen molar-refractivity contribution in [3.8, 4) is 5.75 Å². The average molecular weight is 259 g/mol.